The molecule has 2 nitrogen and oxygen atoms in total. The van der Waals surface area contributed by atoms with Gasteiger partial charge in [-0.15, -0.1) is 0 Å². The molecule has 5 heteroatoms. The van der Waals surface area contributed by atoms with E-state index in [4.69, 9.17) is 5.50 Å². The van der Waals surface area contributed by atoms with E-state index in [1.807, 2.05) is 0 Å². The molecule has 0 radical (unpaired) electrons. The number of nitrogens with two attached hydrogens (primary N) is 1. The fraction of sp³-hybridized carbons (Fsp3) is 0. The summed E-state index contributed by atoms with van der Waals surface area (Å²) in [6.45, 7) is 0.574. The van der Waals surface area contributed by atoms with E-state index >= 15 is 0 Å². The minimum absolute atomic E-state index is 0.574. The molecule has 0 saturated carbocycles. The molecule has 32 valence electrons. The van der Waals surface area contributed by atoms with Crippen molar-refractivity contribution < 1.29 is 4.57 Å². The van der Waals surface area contributed by atoms with Crippen LogP contribution in [-0.2, 0) is 16.4 Å². The Morgan fingerprint density at radius 3 is 2.50 bits per heavy atom. The molecule has 0 aromatic carbocycles. The summed E-state index contributed by atoms with van der Waals surface area (Å²) in [4.78, 5) is 0. The average Bonchev–Trinajstić information content (AvgIpc) is 1.35. The Labute approximate surface area is 43.0 Å². The Bertz CT molecular complexity index is 106. The van der Waals surface area contributed by atoms with Crippen LogP contribution < -0.4 is 5.50 Å². The van der Waals surface area contributed by atoms with Crippen molar-refractivity contribution in [1.29, 1.82) is 0 Å². The summed E-state index contributed by atoms with van der Waals surface area (Å²) < 4.78 is 9.84. The first-order chi connectivity index (χ1) is 2.77. The first kappa shape index (κ1) is 6.58. The Morgan fingerprint density at radius 1 is 2.00 bits per heavy atom. The first-order valence-electron chi connectivity index (χ1n) is 1.14. The molecule has 0 aromatic rings. The van der Waals surface area contributed by atoms with Gasteiger partial charge in [-0.2, -0.15) is 0 Å². The van der Waals surface area contributed by atoms with Gasteiger partial charge in [0, 0.05) is 0 Å². The second-order valence-corrected chi connectivity index (χ2v) is 3.07. The van der Waals surface area contributed by atoms with Crippen molar-refractivity contribution in [3.05, 3.63) is 0 Å². The van der Waals surface area contributed by atoms with E-state index in [1.165, 1.54) is 5.54 Å². The van der Waals surface area contributed by atoms with Crippen LogP contribution in [0.2, 0.25) is 0 Å². The third kappa shape index (κ3) is 4.58. The number of hydrogen-bond donors (Lipinski definition) is 1. The Balaban J connectivity index is 3.60. The molecule has 0 spiro atoms. The molecule has 0 aliphatic rings. The van der Waals surface area contributed by atoms with Crippen molar-refractivity contribution in [2.75, 3.05) is 0 Å². The van der Waals surface area contributed by atoms with Crippen LogP contribution in [0, 0.1) is 0 Å². The number of hydrogen-bond acceptors (Lipinski definition) is 2. The van der Waals surface area contributed by atoms with Crippen molar-refractivity contribution in [3.8, 4) is 0 Å². The second kappa shape index (κ2) is 3.76. The predicted molar refractivity (Wildman–Crippen MR) is 32.1 cm³/mol. The molecule has 0 heterocycles. The molecule has 0 aliphatic carbocycles. The van der Waals surface area contributed by atoms with Gasteiger partial charge in [-0.25, -0.2) is 0 Å². The summed E-state index contributed by atoms with van der Waals surface area (Å²) >= 11 is 4.38. The maximum atomic E-state index is 9.84. The van der Waals surface area contributed by atoms with E-state index in [2.05, 4.69) is 11.8 Å². The van der Waals surface area contributed by atoms with Crippen LogP contribution in [0.3, 0.4) is 0 Å². The van der Waals surface area contributed by atoms with Crippen LogP contribution in [0.15, 0.2) is 0 Å². The van der Waals surface area contributed by atoms with E-state index in [9.17, 15) is 4.57 Å². The van der Waals surface area contributed by atoms with Gasteiger partial charge in [-0.05, 0) is 0 Å². The molecule has 2 N–H and O–H groups in total. The van der Waals surface area contributed by atoms with Crippen molar-refractivity contribution >= 4 is 32.3 Å². The predicted octanol–water partition coefficient (Wildman–Crippen LogP) is 0.855. The van der Waals surface area contributed by atoms with Gasteiger partial charge in [-0.1, -0.05) is 0 Å². The van der Waals surface area contributed by atoms with Gasteiger partial charge in [0.05, 0.1) is 0 Å². The van der Waals surface area contributed by atoms with Crippen molar-refractivity contribution in [3.63, 3.8) is 0 Å². The Kier molecular flexibility index (Phi) is 4.12. The van der Waals surface area contributed by atoms with Gasteiger partial charge in [0.15, 0.2) is 0 Å². The van der Waals surface area contributed by atoms with Gasteiger partial charge < -0.3 is 0 Å². The molecule has 0 aromatic heterocycles. The van der Waals surface area contributed by atoms with Gasteiger partial charge >= 0.3 is 42.3 Å². The fourth-order valence-corrected chi connectivity index (χ4v) is 1.25. The van der Waals surface area contributed by atoms with Crippen molar-refractivity contribution in [2.45, 2.75) is 0 Å². The summed E-state index contributed by atoms with van der Waals surface area (Å²) in [6, 6.07) is 0. The second-order valence-electron chi connectivity index (χ2n) is 0.581. The maximum absolute atomic E-state index is 9.84. The SMILES string of the molecule is N[P+](=O)C=[P+]=S. The van der Waals surface area contributed by atoms with Crippen LogP contribution in [0.1, 0.15) is 0 Å². The van der Waals surface area contributed by atoms with Gasteiger partial charge in [0.25, 0.3) is 0 Å². The van der Waals surface area contributed by atoms with Crippen LogP contribution in [-0.4, -0.2) is 5.54 Å². The summed E-state index contributed by atoms with van der Waals surface area (Å²) in [6.07, 6.45) is 0. The van der Waals surface area contributed by atoms with Crippen molar-refractivity contribution in [2.24, 2.45) is 5.50 Å². The first-order valence-corrected chi connectivity index (χ1v) is 4.51. The zero-order valence-electron chi connectivity index (χ0n) is 2.87. The minimum atomic E-state index is -1.59. The zero-order chi connectivity index (χ0) is 4.99. The monoisotopic (exact) mass is 139 g/mol. The molecule has 0 amide bonds. The molecule has 0 fully saturated rings. The van der Waals surface area contributed by atoms with E-state index in [0.29, 0.717) is 6.98 Å². The van der Waals surface area contributed by atoms with E-state index in [0.717, 1.165) is 0 Å². The summed E-state index contributed by atoms with van der Waals surface area (Å²) in [5.41, 5.74) is 6.15. The third-order valence-corrected chi connectivity index (χ3v) is 2.30. The van der Waals surface area contributed by atoms with E-state index in [-0.39, 0.29) is 0 Å². The molecule has 0 bridgehead atoms. The average molecular weight is 139 g/mol. The Hall–Kier alpha value is 0.580. The van der Waals surface area contributed by atoms with Crippen LogP contribution >= 0.6 is 14.9 Å². The fourth-order valence-electron chi connectivity index (χ4n) is 0.0465. The normalized spacial score (nSPS) is 9.83. The molecular formula is CH3NOP2S+2. The standard InChI is InChI=1S/CH3NOP2S/c2-5(3)1-4-6/h1H,(H2,2,3)/q+2. The van der Waals surface area contributed by atoms with Crippen LogP contribution in [0.25, 0.3) is 0 Å². The molecule has 1 atom stereocenters. The summed E-state index contributed by atoms with van der Waals surface area (Å²) in [5, 5.41) is 0. The third-order valence-electron chi connectivity index (χ3n) is 0.161. The quantitative estimate of drug-likeness (QED) is 0.547. The molecule has 0 rings (SSSR count). The topological polar surface area (TPSA) is 43.1 Å². The van der Waals surface area contributed by atoms with Crippen LogP contribution in [0.4, 0.5) is 0 Å². The van der Waals surface area contributed by atoms with E-state index < -0.39 is 7.95 Å². The van der Waals surface area contributed by atoms with Gasteiger partial charge in [-0.3, -0.25) is 0 Å². The zero-order valence-corrected chi connectivity index (χ0v) is 5.47. The number of rotatable bonds is 1. The molecule has 0 aliphatic heterocycles. The molecule has 6 heavy (non-hydrogen) atoms. The molecule has 1 unspecified atom stereocenters. The van der Waals surface area contributed by atoms with Crippen molar-refractivity contribution in [1.82, 2.24) is 0 Å². The Morgan fingerprint density at radius 2 is 2.50 bits per heavy atom. The van der Waals surface area contributed by atoms with Gasteiger partial charge in [0.1, 0.15) is 0 Å². The summed E-state index contributed by atoms with van der Waals surface area (Å²) in [7, 11) is -1.59. The summed E-state index contributed by atoms with van der Waals surface area (Å²) in [5.74, 6) is 0. The molecular weight excluding hydrogens is 136 g/mol. The van der Waals surface area contributed by atoms with Crippen LogP contribution in [0.5, 0.6) is 0 Å². The van der Waals surface area contributed by atoms with E-state index in [1.54, 1.807) is 0 Å². The molecule has 0 saturated heterocycles. The van der Waals surface area contributed by atoms with Gasteiger partial charge in [0.2, 0.25) is 0 Å².